The van der Waals surface area contributed by atoms with Crippen molar-refractivity contribution in [2.75, 3.05) is 6.54 Å². The zero-order valence-corrected chi connectivity index (χ0v) is 23.4. The molecule has 204 valence electrons. The Bertz CT molecular complexity index is 1050. The van der Waals surface area contributed by atoms with Crippen LogP contribution >= 0.6 is 0 Å². The number of phenolic OH excluding ortho intramolecular Hbond substituents is 2. The lowest BCUT2D eigenvalue weighted by atomic mass is 9.82. The van der Waals surface area contributed by atoms with Crippen LogP contribution in [0.1, 0.15) is 115 Å². The van der Waals surface area contributed by atoms with Crippen LogP contribution in [0.4, 0.5) is 0 Å². The summed E-state index contributed by atoms with van der Waals surface area (Å²) in [6.07, 6.45) is 26.0. The molecule has 1 aromatic heterocycles. The molecular weight excluding hydrogens is 470 g/mol. The molecule has 0 spiro atoms. The lowest BCUT2D eigenvalue weighted by molar-refractivity contribution is -0.132. The summed E-state index contributed by atoms with van der Waals surface area (Å²) in [5, 5.41) is 20.8. The average molecular weight is 516 g/mol. The fraction of sp³-hybridized carbons (Fsp3) is 0.645. The van der Waals surface area contributed by atoms with Gasteiger partial charge in [-0.1, -0.05) is 70.4 Å². The van der Waals surface area contributed by atoms with Crippen molar-refractivity contribution < 1.29 is 15.0 Å². The first kappa shape index (κ1) is 30.2. The normalized spacial score (nSPS) is 15.8. The topological polar surface area (TPSA) is 76.6 Å². The molecule has 2 aromatic rings. The van der Waals surface area contributed by atoms with Crippen LogP contribution in [0.15, 0.2) is 18.3 Å². The summed E-state index contributed by atoms with van der Waals surface area (Å²) in [4.78, 5) is 18.1. The summed E-state index contributed by atoms with van der Waals surface area (Å²) in [7, 11) is 12.1. The van der Waals surface area contributed by atoms with Gasteiger partial charge >= 0.3 is 0 Å². The summed E-state index contributed by atoms with van der Waals surface area (Å²) < 4.78 is 0. The maximum absolute atomic E-state index is 13.0. The molecule has 3 N–H and O–H groups in total. The molecule has 4 radical (unpaired) electrons. The smallest absolute Gasteiger partial charge is 0.222 e. The first-order valence-corrected chi connectivity index (χ1v) is 15.0. The second-order valence-corrected chi connectivity index (χ2v) is 11.0. The number of amides is 1. The van der Waals surface area contributed by atoms with Gasteiger partial charge in [-0.3, -0.25) is 4.79 Å². The van der Waals surface area contributed by atoms with Gasteiger partial charge in [0.05, 0.1) is 0 Å². The molecular formula is C31H46B2N2O3. The van der Waals surface area contributed by atoms with E-state index < -0.39 is 5.75 Å². The van der Waals surface area contributed by atoms with Gasteiger partial charge in [-0.15, -0.1) is 0 Å². The van der Waals surface area contributed by atoms with E-state index in [0.29, 0.717) is 23.7 Å². The molecule has 0 aliphatic carbocycles. The van der Waals surface area contributed by atoms with E-state index in [9.17, 15) is 15.0 Å². The van der Waals surface area contributed by atoms with Crippen molar-refractivity contribution in [2.45, 2.75) is 122 Å². The Balaban J connectivity index is 1.32. The molecule has 1 atom stereocenters. The number of nitrogens with one attached hydrogen (secondary N) is 1. The molecule has 1 amide bonds. The van der Waals surface area contributed by atoms with E-state index in [-0.39, 0.29) is 28.6 Å². The predicted molar refractivity (Wildman–Crippen MR) is 160 cm³/mol. The number of unbranched alkanes of at least 4 members (excludes halogenated alkanes) is 11. The number of hydrogen-bond acceptors (Lipinski definition) is 3. The summed E-state index contributed by atoms with van der Waals surface area (Å²) in [5.41, 5.74) is 1.64. The first-order valence-electron chi connectivity index (χ1n) is 15.0. The summed E-state index contributed by atoms with van der Waals surface area (Å²) in [6, 6.07) is 0.112. The second kappa shape index (κ2) is 16.0. The number of aromatic hydroxyl groups is 2. The third-order valence-corrected chi connectivity index (χ3v) is 8.04. The lowest BCUT2D eigenvalue weighted by Crippen LogP contribution is -2.36. The largest absolute Gasteiger partial charge is 0.505 e. The third-order valence-electron chi connectivity index (χ3n) is 8.04. The molecule has 3 rings (SSSR count). The fourth-order valence-electron chi connectivity index (χ4n) is 5.76. The molecule has 0 saturated carbocycles. The van der Waals surface area contributed by atoms with Crippen LogP contribution < -0.4 is 10.9 Å². The van der Waals surface area contributed by atoms with Gasteiger partial charge < -0.3 is 20.1 Å². The van der Waals surface area contributed by atoms with Crippen molar-refractivity contribution >= 4 is 43.4 Å². The van der Waals surface area contributed by atoms with Gasteiger partial charge in [-0.05, 0) is 73.2 Å². The fourth-order valence-corrected chi connectivity index (χ4v) is 5.76. The van der Waals surface area contributed by atoms with Gasteiger partial charge in [0.25, 0.3) is 0 Å². The molecule has 1 fully saturated rings. The molecule has 5 nitrogen and oxygen atoms in total. The molecule has 1 unspecified atom stereocenters. The Kier molecular flexibility index (Phi) is 12.7. The number of carbonyl (C=O) groups is 1. The van der Waals surface area contributed by atoms with Crippen molar-refractivity contribution in [3.63, 3.8) is 0 Å². The quantitative estimate of drug-likeness (QED) is 0.109. The number of hydrogen-bond donors (Lipinski definition) is 3. The van der Waals surface area contributed by atoms with E-state index in [1.54, 1.807) is 0 Å². The third kappa shape index (κ3) is 8.35. The zero-order valence-electron chi connectivity index (χ0n) is 23.4. The number of rotatable bonds is 17. The minimum absolute atomic E-state index is 0.0847. The van der Waals surface area contributed by atoms with E-state index in [1.165, 1.54) is 70.6 Å². The minimum Gasteiger partial charge on any atom is -0.505 e. The molecule has 1 aromatic carbocycles. The summed E-state index contributed by atoms with van der Waals surface area (Å²) >= 11 is 0. The Hall–Kier alpha value is -2.30. The van der Waals surface area contributed by atoms with Crippen molar-refractivity contribution in [3.05, 3.63) is 23.9 Å². The van der Waals surface area contributed by atoms with Crippen LogP contribution in [0.3, 0.4) is 0 Å². The molecule has 38 heavy (non-hydrogen) atoms. The maximum atomic E-state index is 13.0. The highest BCUT2D eigenvalue weighted by Crippen LogP contribution is 2.29. The molecule has 2 heterocycles. The van der Waals surface area contributed by atoms with Crippen LogP contribution in [0, 0.1) is 0 Å². The molecule has 1 aliphatic heterocycles. The Labute approximate surface area is 232 Å². The number of aromatic amines is 1. The summed E-state index contributed by atoms with van der Waals surface area (Å²) in [5.74, 6) is -0.557. The van der Waals surface area contributed by atoms with Gasteiger partial charge in [-0.2, -0.15) is 0 Å². The highest BCUT2D eigenvalue weighted by molar-refractivity contribution is 6.48. The van der Waals surface area contributed by atoms with Crippen LogP contribution in [0.2, 0.25) is 0 Å². The molecule has 0 bridgehead atoms. The van der Waals surface area contributed by atoms with Crippen LogP contribution in [0.25, 0.3) is 10.9 Å². The van der Waals surface area contributed by atoms with Crippen LogP contribution in [-0.4, -0.2) is 54.3 Å². The summed E-state index contributed by atoms with van der Waals surface area (Å²) in [6.45, 7) is 3.05. The van der Waals surface area contributed by atoms with E-state index in [1.807, 2.05) is 11.1 Å². The standard InChI is InChI=1S/C31H46B2N2O3/c1-2-3-4-5-6-7-8-9-10-11-12-13-14-15-16-19-25(36)35-20-17-18-24(35)21-23-22-34-29-26(23)27(32)30(37)31(38)28(29)33/h9-10,22,24,34,37-38H,2-8,11-21H2,1H3/b10-9-. The highest BCUT2D eigenvalue weighted by Gasteiger charge is 2.29. The van der Waals surface area contributed by atoms with Gasteiger partial charge in [0, 0.05) is 30.7 Å². The van der Waals surface area contributed by atoms with Crippen molar-refractivity contribution in [1.29, 1.82) is 0 Å². The minimum atomic E-state index is -0.402. The average Bonchev–Trinajstić information content (AvgIpc) is 3.56. The highest BCUT2D eigenvalue weighted by atomic mass is 16.3. The van der Waals surface area contributed by atoms with E-state index in [0.717, 1.165) is 37.8 Å². The number of likely N-dealkylation sites (tertiary alicyclic amines) is 1. The first-order chi connectivity index (χ1) is 18.5. The van der Waals surface area contributed by atoms with E-state index >= 15 is 0 Å². The number of aromatic nitrogens is 1. The van der Waals surface area contributed by atoms with E-state index in [2.05, 4.69) is 24.1 Å². The number of phenols is 2. The Morgan fingerprint density at radius 2 is 1.55 bits per heavy atom. The van der Waals surface area contributed by atoms with Gasteiger partial charge in [0.15, 0.2) is 5.75 Å². The number of allylic oxidation sites excluding steroid dienone is 2. The zero-order chi connectivity index (χ0) is 27.3. The molecule has 7 heteroatoms. The van der Waals surface area contributed by atoms with Gasteiger partial charge in [-0.25, -0.2) is 0 Å². The maximum Gasteiger partial charge on any atom is 0.222 e. The Morgan fingerprint density at radius 3 is 2.24 bits per heavy atom. The Morgan fingerprint density at radius 1 is 0.947 bits per heavy atom. The molecule has 1 saturated heterocycles. The number of fused-ring (bicyclic) bond motifs is 1. The SMILES string of the molecule is [B]c1c(O)c(O)c([B])c2c(CC3CCCN3C(=O)CCCCCCC/C=C\CCCCCCCC)c[nH]c12. The van der Waals surface area contributed by atoms with Crippen LogP contribution in [-0.2, 0) is 11.2 Å². The second-order valence-electron chi connectivity index (χ2n) is 11.0. The van der Waals surface area contributed by atoms with Crippen molar-refractivity contribution in [2.24, 2.45) is 0 Å². The number of nitrogens with zero attached hydrogens (tertiary/aromatic N) is 1. The monoisotopic (exact) mass is 516 g/mol. The van der Waals surface area contributed by atoms with Gasteiger partial charge in [0.1, 0.15) is 21.4 Å². The number of benzene rings is 1. The van der Waals surface area contributed by atoms with Gasteiger partial charge in [0.2, 0.25) is 5.91 Å². The van der Waals surface area contributed by atoms with Crippen LogP contribution in [0.5, 0.6) is 11.5 Å². The number of H-pyrrole nitrogens is 1. The van der Waals surface area contributed by atoms with Crippen molar-refractivity contribution in [1.82, 2.24) is 9.88 Å². The number of carbonyl (C=O) groups excluding carboxylic acids is 1. The predicted octanol–water partition coefficient (Wildman–Crippen LogP) is 5.74. The lowest BCUT2D eigenvalue weighted by Gasteiger charge is -2.25. The van der Waals surface area contributed by atoms with Crippen molar-refractivity contribution in [3.8, 4) is 11.5 Å². The molecule has 1 aliphatic rings. The van der Waals surface area contributed by atoms with E-state index in [4.69, 9.17) is 15.7 Å².